The Morgan fingerprint density at radius 1 is 1.62 bits per heavy atom. The van der Waals surface area contributed by atoms with Crippen molar-refractivity contribution in [2.75, 3.05) is 0 Å². The summed E-state index contributed by atoms with van der Waals surface area (Å²) in [5.74, 6) is 0.0269. The normalized spacial score (nSPS) is 10.6. The molecule has 0 fully saturated rings. The lowest BCUT2D eigenvalue weighted by molar-refractivity contribution is 0.102. The summed E-state index contributed by atoms with van der Waals surface area (Å²) < 4.78 is 2.52. The molecule has 84 valence electrons. The lowest BCUT2D eigenvalue weighted by Crippen LogP contribution is -2.11. The molecule has 0 aromatic carbocycles. The number of carbonyl (C=O) groups excluding carboxylic acids is 1. The van der Waals surface area contributed by atoms with Crippen molar-refractivity contribution < 1.29 is 4.79 Å². The summed E-state index contributed by atoms with van der Waals surface area (Å²) in [6.45, 7) is 2.82. The van der Waals surface area contributed by atoms with E-state index in [9.17, 15) is 4.79 Å². The van der Waals surface area contributed by atoms with Crippen LogP contribution >= 0.6 is 27.3 Å². The first-order valence-corrected chi connectivity index (χ1v) is 6.75. The van der Waals surface area contributed by atoms with Crippen LogP contribution in [0.5, 0.6) is 0 Å². The first-order chi connectivity index (χ1) is 7.74. The van der Waals surface area contributed by atoms with Gasteiger partial charge in [-0.05, 0) is 33.8 Å². The van der Waals surface area contributed by atoms with Gasteiger partial charge in [-0.25, -0.2) is 0 Å². The Kier molecular flexibility index (Phi) is 3.56. The van der Waals surface area contributed by atoms with Gasteiger partial charge in [0, 0.05) is 17.5 Å². The van der Waals surface area contributed by atoms with Crippen molar-refractivity contribution in [3.05, 3.63) is 38.8 Å². The van der Waals surface area contributed by atoms with Gasteiger partial charge in [0.2, 0.25) is 5.78 Å². The highest BCUT2D eigenvalue weighted by Gasteiger charge is 2.18. The van der Waals surface area contributed by atoms with Crippen molar-refractivity contribution in [2.24, 2.45) is 0 Å². The number of halogens is 1. The van der Waals surface area contributed by atoms with E-state index in [-0.39, 0.29) is 5.78 Å². The molecule has 16 heavy (non-hydrogen) atoms. The highest BCUT2D eigenvalue weighted by atomic mass is 79.9. The van der Waals surface area contributed by atoms with Crippen molar-refractivity contribution in [3.63, 3.8) is 0 Å². The minimum absolute atomic E-state index is 0.0269. The Labute approximate surface area is 106 Å². The van der Waals surface area contributed by atoms with Gasteiger partial charge >= 0.3 is 0 Å². The van der Waals surface area contributed by atoms with E-state index in [1.807, 2.05) is 16.8 Å². The van der Waals surface area contributed by atoms with Gasteiger partial charge in [-0.3, -0.25) is 9.48 Å². The van der Waals surface area contributed by atoms with Crippen molar-refractivity contribution in [3.8, 4) is 0 Å². The van der Waals surface area contributed by atoms with Crippen LogP contribution in [-0.4, -0.2) is 15.6 Å². The Morgan fingerprint density at radius 3 is 3.06 bits per heavy atom. The van der Waals surface area contributed by atoms with Gasteiger partial charge in [0.1, 0.15) is 5.69 Å². The number of carbonyl (C=O) groups is 1. The van der Waals surface area contributed by atoms with Crippen LogP contribution in [0.1, 0.15) is 29.4 Å². The van der Waals surface area contributed by atoms with Crippen molar-refractivity contribution >= 4 is 33.0 Å². The van der Waals surface area contributed by atoms with Crippen molar-refractivity contribution in [2.45, 2.75) is 19.9 Å². The van der Waals surface area contributed by atoms with Gasteiger partial charge in [0.05, 0.1) is 10.7 Å². The quantitative estimate of drug-likeness (QED) is 0.812. The van der Waals surface area contributed by atoms with Crippen LogP contribution in [0.2, 0.25) is 0 Å². The zero-order valence-electron chi connectivity index (χ0n) is 8.81. The Bertz CT molecular complexity index is 490. The van der Waals surface area contributed by atoms with E-state index >= 15 is 0 Å². The maximum atomic E-state index is 12.2. The van der Waals surface area contributed by atoms with Gasteiger partial charge in [-0.15, -0.1) is 0 Å². The Balaban J connectivity index is 2.39. The van der Waals surface area contributed by atoms with E-state index in [2.05, 4.69) is 28.0 Å². The summed E-state index contributed by atoms with van der Waals surface area (Å²) in [6, 6.07) is 1.84. The minimum Gasteiger partial charge on any atom is -0.287 e. The topological polar surface area (TPSA) is 34.9 Å². The third kappa shape index (κ3) is 2.10. The molecular weight excluding hydrogens is 288 g/mol. The summed E-state index contributed by atoms with van der Waals surface area (Å²) in [7, 11) is 0. The van der Waals surface area contributed by atoms with Crippen molar-refractivity contribution in [1.82, 2.24) is 9.78 Å². The molecule has 0 saturated heterocycles. The Hall–Kier alpha value is -0.940. The first-order valence-electron chi connectivity index (χ1n) is 5.02. The molecule has 0 N–H and O–H groups in total. The smallest absolute Gasteiger partial charge is 0.213 e. The average molecular weight is 299 g/mol. The number of hydrogen-bond acceptors (Lipinski definition) is 3. The molecule has 2 aromatic rings. The highest BCUT2D eigenvalue weighted by Crippen LogP contribution is 2.21. The molecule has 0 atom stereocenters. The van der Waals surface area contributed by atoms with Gasteiger partial charge < -0.3 is 0 Å². The second-order valence-electron chi connectivity index (χ2n) is 3.41. The molecule has 0 radical (unpaired) electrons. The molecule has 0 aliphatic heterocycles. The molecular formula is C11H11BrN2OS. The highest BCUT2D eigenvalue weighted by molar-refractivity contribution is 9.10. The van der Waals surface area contributed by atoms with Crippen LogP contribution in [0.4, 0.5) is 0 Å². The Morgan fingerprint density at radius 2 is 2.44 bits per heavy atom. The summed E-state index contributed by atoms with van der Waals surface area (Å²) in [6.07, 6.45) is 2.63. The van der Waals surface area contributed by atoms with Crippen LogP contribution in [0.15, 0.2) is 27.5 Å². The monoisotopic (exact) mass is 298 g/mol. The minimum atomic E-state index is 0.0269. The maximum absolute atomic E-state index is 12.2. The van der Waals surface area contributed by atoms with Crippen molar-refractivity contribution in [1.29, 1.82) is 0 Å². The molecule has 0 aliphatic rings. The number of aromatic nitrogens is 2. The number of ketones is 1. The largest absolute Gasteiger partial charge is 0.287 e. The van der Waals surface area contributed by atoms with Gasteiger partial charge in [-0.1, -0.05) is 6.92 Å². The summed E-state index contributed by atoms with van der Waals surface area (Å²) in [5, 5.41) is 7.95. The number of rotatable bonds is 4. The van der Waals surface area contributed by atoms with E-state index in [0.717, 1.165) is 23.0 Å². The number of aryl methyl sites for hydroxylation is 1. The van der Waals surface area contributed by atoms with Crippen LogP contribution in [0, 0.1) is 0 Å². The molecule has 2 rings (SSSR count). The molecule has 5 heteroatoms. The average Bonchev–Trinajstić information content (AvgIpc) is 2.88. The van der Waals surface area contributed by atoms with Gasteiger partial charge in [-0.2, -0.15) is 16.4 Å². The number of hydrogen-bond donors (Lipinski definition) is 0. The standard InChI is InChI=1S/C11H11BrN2OS/c1-2-4-14-10(9(12)6-13-14)11(15)8-3-5-16-7-8/h3,5-7H,2,4H2,1H3. The second kappa shape index (κ2) is 4.93. The van der Waals surface area contributed by atoms with Gasteiger partial charge in [0.25, 0.3) is 0 Å². The fourth-order valence-corrected chi connectivity index (χ4v) is 2.61. The van der Waals surface area contributed by atoms with E-state index in [1.165, 1.54) is 11.3 Å². The van der Waals surface area contributed by atoms with E-state index in [1.54, 1.807) is 10.9 Å². The molecule has 2 aromatic heterocycles. The fourth-order valence-electron chi connectivity index (χ4n) is 1.50. The van der Waals surface area contributed by atoms with E-state index < -0.39 is 0 Å². The van der Waals surface area contributed by atoms with Crippen LogP contribution < -0.4 is 0 Å². The molecule has 0 saturated carbocycles. The van der Waals surface area contributed by atoms with Crippen LogP contribution in [0.25, 0.3) is 0 Å². The molecule has 0 spiro atoms. The maximum Gasteiger partial charge on any atom is 0.213 e. The zero-order chi connectivity index (χ0) is 11.5. The second-order valence-corrected chi connectivity index (χ2v) is 5.04. The predicted molar refractivity (Wildman–Crippen MR) is 68.0 cm³/mol. The summed E-state index contributed by atoms with van der Waals surface area (Å²) in [4.78, 5) is 12.2. The lowest BCUT2D eigenvalue weighted by Gasteiger charge is -2.04. The van der Waals surface area contributed by atoms with E-state index in [4.69, 9.17) is 0 Å². The third-order valence-corrected chi connectivity index (χ3v) is 3.49. The summed E-state index contributed by atoms with van der Waals surface area (Å²) in [5.41, 5.74) is 1.36. The van der Waals surface area contributed by atoms with E-state index in [0.29, 0.717) is 5.69 Å². The SMILES string of the molecule is CCCn1ncc(Br)c1C(=O)c1ccsc1. The van der Waals surface area contributed by atoms with Crippen LogP contribution in [0.3, 0.4) is 0 Å². The summed E-state index contributed by atoms with van der Waals surface area (Å²) >= 11 is 4.90. The van der Waals surface area contributed by atoms with Gasteiger partial charge in [0.15, 0.2) is 0 Å². The van der Waals surface area contributed by atoms with Crippen LogP contribution in [-0.2, 0) is 6.54 Å². The third-order valence-electron chi connectivity index (χ3n) is 2.23. The fraction of sp³-hybridized carbons (Fsp3) is 0.273. The molecule has 2 heterocycles. The zero-order valence-corrected chi connectivity index (χ0v) is 11.2. The first kappa shape index (κ1) is 11.5. The lowest BCUT2D eigenvalue weighted by atomic mass is 10.1. The predicted octanol–water partition coefficient (Wildman–Crippen LogP) is 3.35. The molecule has 0 unspecified atom stereocenters. The molecule has 0 bridgehead atoms. The molecule has 0 amide bonds. The molecule has 3 nitrogen and oxygen atoms in total. The number of nitrogens with zero attached hydrogens (tertiary/aromatic N) is 2. The number of thiophene rings is 1. The molecule has 0 aliphatic carbocycles.